The van der Waals surface area contributed by atoms with Gasteiger partial charge in [0.25, 0.3) is 16.7 Å². The van der Waals surface area contributed by atoms with Gasteiger partial charge in [0.15, 0.2) is 76.2 Å². The summed E-state index contributed by atoms with van der Waals surface area (Å²) in [5, 5.41) is 4.52. The van der Waals surface area contributed by atoms with E-state index in [0.717, 1.165) is 56.0 Å². The van der Waals surface area contributed by atoms with Gasteiger partial charge >= 0.3 is 0 Å². The molecule has 0 bridgehead atoms. The zero-order chi connectivity index (χ0) is 63.5. The Morgan fingerprint density at radius 3 is 1.56 bits per heavy atom. The third-order valence-corrected chi connectivity index (χ3v) is 16.0. The lowest BCUT2D eigenvalue weighted by Gasteiger charge is -2.09. The van der Waals surface area contributed by atoms with Crippen molar-refractivity contribution >= 4 is 113 Å². The Hall–Kier alpha value is -9.99. The minimum atomic E-state index is -0.240. The van der Waals surface area contributed by atoms with Crippen LogP contribution in [-0.4, -0.2) is 91.8 Å². The van der Waals surface area contributed by atoms with Gasteiger partial charge in [-0.3, -0.25) is 14.4 Å². The Kier molecular flexibility index (Phi) is 22.1. The summed E-state index contributed by atoms with van der Waals surface area (Å²) in [6.45, 7) is 3.14. The lowest BCUT2D eigenvalue weighted by Crippen LogP contribution is -2.09. The van der Waals surface area contributed by atoms with Crippen LogP contribution in [0.5, 0.6) is 11.5 Å². The summed E-state index contributed by atoms with van der Waals surface area (Å²) in [6, 6.07) is 46.5. The van der Waals surface area contributed by atoms with E-state index in [-0.39, 0.29) is 44.6 Å². The van der Waals surface area contributed by atoms with Crippen molar-refractivity contribution in [2.75, 3.05) is 30.1 Å². The van der Waals surface area contributed by atoms with Gasteiger partial charge in [0.05, 0.1) is 25.3 Å². The number of nitrogens with one attached hydrogen (secondary N) is 4. The Balaban J connectivity index is 0.000000130. The molecule has 462 valence electrons. The van der Waals surface area contributed by atoms with Gasteiger partial charge < -0.3 is 54.9 Å². The summed E-state index contributed by atoms with van der Waals surface area (Å²) in [6.07, 6.45) is 12.0. The highest BCUT2D eigenvalue weighted by atomic mass is 79.9. The number of fused-ring (bicyclic) bond motifs is 4. The molecule has 1 aliphatic rings. The number of nitrogens with two attached hydrogens (primary N) is 2. The van der Waals surface area contributed by atoms with E-state index in [1.54, 1.807) is 6.33 Å². The van der Waals surface area contributed by atoms with Crippen LogP contribution in [0.25, 0.3) is 33.5 Å². The maximum atomic E-state index is 12.2. The highest BCUT2D eigenvalue weighted by Crippen LogP contribution is 2.38. The van der Waals surface area contributed by atoms with Crippen molar-refractivity contribution in [1.82, 2.24) is 78.5 Å². The van der Waals surface area contributed by atoms with Crippen LogP contribution in [0, 0.1) is 0 Å². The zero-order valence-electron chi connectivity index (χ0n) is 48.0. The SMILES string of the molecule is Nc1c(Cl)ncnc1Cl.Nc1c(Cl)ncnc1NCCc1ccccc1.O=c1[nH]cnc2c1nc(Br)n2CCc1ccccc1.O=c1[nH]cnc2c1nc(Sc1ccc3c(c1)OCO3)n2CCc1ccccc1.O=c1[nH]cnc2c1ncn2CCc1ccccc1. The van der Waals surface area contributed by atoms with E-state index in [0.29, 0.717) is 67.2 Å². The number of nitrogens with zero attached hydrogens (tertiary/aromatic N) is 13. The molecule has 0 amide bonds. The first-order valence-electron chi connectivity index (χ1n) is 27.9. The summed E-state index contributed by atoms with van der Waals surface area (Å²) in [5.74, 6) is 2.04. The van der Waals surface area contributed by atoms with Gasteiger partial charge in [0.1, 0.15) is 24.0 Å². The maximum absolute atomic E-state index is 12.2. The van der Waals surface area contributed by atoms with Crippen molar-refractivity contribution in [3.8, 4) is 11.5 Å². The van der Waals surface area contributed by atoms with Crippen LogP contribution in [-0.2, 0) is 45.3 Å². The van der Waals surface area contributed by atoms with Crippen molar-refractivity contribution in [3.63, 3.8) is 0 Å². The summed E-state index contributed by atoms with van der Waals surface area (Å²) in [7, 11) is 0. The molecule has 0 aliphatic carbocycles. The first kappa shape index (κ1) is 64.0. The molecule has 0 radical (unpaired) electrons. The number of aryl methyl sites for hydroxylation is 6. The third-order valence-electron chi connectivity index (χ3n) is 13.5. The average molecular weight is 1360 g/mol. The number of hydrogen-bond donors (Lipinski definition) is 6. The number of benzene rings is 5. The predicted octanol–water partition coefficient (Wildman–Crippen LogP) is 10.5. The quantitative estimate of drug-likeness (QED) is 0.0410. The molecule has 0 unspecified atom stereocenters. The Morgan fingerprint density at radius 2 is 0.989 bits per heavy atom. The van der Waals surface area contributed by atoms with Gasteiger partial charge in [0, 0.05) is 31.1 Å². The fraction of sp³-hybridized carbons (Fsp3) is 0.145. The summed E-state index contributed by atoms with van der Waals surface area (Å²) >= 11 is 21.6. The van der Waals surface area contributed by atoms with Gasteiger partial charge in [-0.1, -0.05) is 168 Å². The maximum Gasteiger partial charge on any atom is 0.278 e. The molecule has 0 atom stereocenters. The third kappa shape index (κ3) is 17.0. The predicted molar refractivity (Wildman–Crippen MR) is 356 cm³/mol. The second-order valence-corrected chi connectivity index (χ2v) is 22.3. The number of aromatic nitrogens is 16. The molecule has 1 aliphatic heterocycles. The van der Waals surface area contributed by atoms with Crippen LogP contribution in [0.2, 0.25) is 15.5 Å². The molecular formula is C62H55BrCl3N19O5S. The molecule has 8 N–H and O–H groups in total. The first-order valence-corrected chi connectivity index (χ1v) is 30.7. The zero-order valence-corrected chi connectivity index (χ0v) is 52.7. The number of aromatic amines is 3. The molecule has 91 heavy (non-hydrogen) atoms. The van der Waals surface area contributed by atoms with Crippen LogP contribution in [0.3, 0.4) is 0 Å². The fourth-order valence-electron chi connectivity index (χ4n) is 8.93. The van der Waals surface area contributed by atoms with E-state index in [1.807, 2.05) is 105 Å². The van der Waals surface area contributed by atoms with E-state index >= 15 is 0 Å². The lowest BCUT2D eigenvalue weighted by molar-refractivity contribution is 0.174. The van der Waals surface area contributed by atoms with Crippen molar-refractivity contribution in [3.05, 3.63) is 251 Å². The van der Waals surface area contributed by atoms with E-state index in [4.69, 9.17) is 55.7 Å². The standard InChI is InChI=1S/C20H16N4O3S.C13H11BrN4O.C13H12N4O.C12H13ClN4.C4H3Cl2N3/c25-19-17-18(21-11-22-19)24(9-8-13-4-2-1-3-5-13)20(23-17)28-14-6-7-15-16(10-14)27-12-26-15;14-13-17-10-11(15-8-16-12(10)19)18(13)7-6-9-4-2-1-3-5-9;18-13-11-12(14-8-15-13)17(9-16-11)7-6-10-4-2-1-3-5-10;13-11-10(14)12(17-8-16-11)15-7-6-9-4-2-1-3-5-9;5-3-2(7)4(6)9-1-8-3/h1-7,10-11H,8-9,12H2,(H,21,22,25);1-5,8H,6-7H2,(H,15,16,19);1-5,8-9H,6-7H2,(H,14,15,18);1-5,8H,6-7,14H2,(H,15,16,17);1H,7H2. The molecular weight excluding hydrogens is 1310 g/mol. The van der Waals surface area contributed by atoms with E-state index < -0.39 is 0 Å². The van der Waals surface area contributed by atoms with Crippen molar-refractivity contribution in [2.24, 2.45) is 0 Å². The fourth-order valence-corrected chi connectivity index (χ4v) is 10.8. The van der Waals surface area contributed by atoms with E-state index in [1.165, 1.54) is 65.7 Å². The number of halogens is 4. The van der Waals surface area contributed by atoms with Crippen LogP contribution in [0.15, 0.2) is 207 Å². The minimum absolute atomic E-state index is 0.190. The molecule has 29 heteroatoms. The number of ether oxygens (including phenoxy) is 2. The largest absolute Gasteiger partial charge is 0.454 e. The molecule has 9 heterocycles. The second kappa shape index (κ2) is 31.5. The van der Waals surface area contributed by atoms with Gasteiger partial charge in [-0.15, -0.1) is 0 Å². The molecule has 0 spiro atoms. The van der Waals surface area contributed by atoms with Crippen LogP contribution >= 0.6 is 62.5 Å². The van der Waals surface area contributed by atoms with E-state index in [9.17, 15) is 14.4 Å². The van der Waals surface area contributed by atoms with Crippen molar-refractivity contribution in [2.45, 2.75) is 55.4 Å². The number of anilines is 3. The highest BCUT2D eigenvalue weighted by molar-refractivity contribution is 9.10. The number of nitrogen functional groups attached to an aromatic ring is 2. The smallest absolute Gasteiger partial charge is 0.278 e. The average Bonchev–Trinajstić information content (AvgIpc) is 2.43. The summed E-state index contributed by atoms with van der Waals surface area (Å²) in [4.78, 5) is 84.5. The molecule has 24 nitrogen and oxygen atoms in total. The van der Waals surface area contributed by atoms with Gasteiger partial charge in [-0.2, -0.15) is 0 Å². The monoisotopic (exact) mass is 1360 g/mol. The molecule has 0 saturated heterocycles. The van der Waals surface area contributed by atoms with Gasteiger partial charge in [0.2, 0.25) is 6.79 Å². The van der Waals surface area contributed by atoms with Crippen molar-refractivity contribution in [1.29, 1.82) is 0 Å². The Labute approximate surface area is 545 Å². The highest BCUT2D eigenvalue weighted by Gasteiger charge is 2.19. The second-order valence-electron chi connectivity index (χ2n) is 19.5. The molecule has 13 aromatic rings. The number of hydrogen-bond acceptors (Lipinski definition) is 19. The van der Waals surface area contributed by atoms with Crippen molar-refractivity contribution < 1.29 is 9.47 Å². The molecule has 8 aromatic heterocycles. The summed E-state index contributed by atoms with van der Waals surface area (Å²) < 4.78 is 17.3. The van der Waals surface area contributed by atoms with Gasteiger partial charge in [-0.05, 0) is 82.1 Å². The van der Waals surface area contributed by atoms with Crippen LogP contribution in [0.1, 0.15) is 22.3 Å². The molecule has 14 rings (SSSR count). The lowest BCUT2D eigenvalue weighted by atomic mass is 10.1. The topological polar surface area (TPSA) is 325 Å². The summed E-state index contributed by atoms with van der Waals surface area (Å²) in [5.41, 5.74) is 18.9. The van der Waals surface area contributed by atoms with Crippen LogP contribution < -0.4 is 42.9 Å². The Morgan fingerprint density at radius 1 is 0.516 bits per heavy atom. The normalized spacial score (nSPS) is 11.2. The van der Waals surface area contributed by atoms with Crippen LogP contribution in [0.4, 0.5) is 17.2 Å². The molecule has 0 fully saturated rings. The number of imidazole rings is 3. The Bertz CT molecular complexity index is 4700. The van der Waals surface area contributed by atoms with E-state index in [2.05, 4.69) is 135 Å². The molecule has 0 saturated carbocycles. The number of H-pyrrole nitrogens is 3. The molecule has 5 aromatic carbocycles. The van der Waals surface area contributed by atoms with Gasteiger partial charge in [-0.25, -0.2) is 49.8 Å². The minimum Gasteiger partial charge on any atom is -0.454 e. The number of rotatable bonds is 15. The first-order chi connectivity index (χ1) is 44.4.